The smallest absolute Gasteiger partial charge is 0.0995 e. The zero-order valence-corrected chi connectivity index (χ0v) is 46.3. The number of nitriles is 2. The average Bonchev–Trinajstić information content (AvgIpc) is 2.09. The summed E-state index contributed by atoms with van der Waals surface area (Å²) in [4.78, 5) is 0. The molecule has 0 radical (unpaired) electrons. The van der Waals surface area contributed by atoms with Gasteiger partial charge in [-0.2, -0.15) is 10.5 Å². The van der Waals surface area contributed by atoms with E-state index in [0.717, 1.165) is 44.3 Å². The van der Waals surface area contributed by atoms with Crippen LogP contribution in [0.15, 0.2) is 170 Å². The van der Waals surface area contributed by atoms with Crippen LogP contribution in [0.1, 0.15) is 135 Å². The van der Waals surface area contributed by atoms with Gasteiger partial charge < -0.3 is 8.80 Å². The van der Waals surface area contributed by atoms with Gasteiger partial charge >= 0.3 is 0 Å². The molecule has 82 heavy (non-hydrogen) atoms. The molecule has 0 atom stereocenters. The highest BCUT2D eigenvalue weighted by Gasteiger charge is 2.46. The van der Waals surface area contributed by atoms with Crippen LogP contribution in [-0.4, -0.2) is 8.80 Å². The molecule has 4 aromatic heterocycles. The van der Waals surface area contributed by atoms with Crippen molar-refractivity contribution in [2.24, 2.45) is 0 Å². The van der Waals surface area contributed by atoms with E-state index in [1.807, 2.05) is 0 Å². The number of fused-ring (bicyclic) bond motifs is 12. The molecular weight excluding hydrogens is 993 g/mol. The molecular formula is C78H50N4. The number of aryl methyl sites for hydroxylation is 6. The van der Waals surface area contributed by atoms with Crippen molar-refractivity contribution in [1.82, 2.24) is 8.80 Å². The van der Waals surface area contributed by atoms with Gasteiger partial charge in [-0.1, -0.05) is 157 Å². The van der Waals surface area contributed by atoms with Crippen LogP contribution in [0.3, 0.4) is 0 Å². The fraction of sp³-hybridized carbons (Fsp3) is 0.128. The van der Waals surface area contributed by atoms with Crippen molar-refractivity contribution in [1.29, 1.82) is 10.5 Å². The lowest BCUT2D eigenvalue weighted by Gasteiger charge is -2.43. The van der Waals surface area contributed by atoms with Crippen molar-refractivity contribution in [2.45, 2.75) is 65.2 Å². The minimum absolute atomic E-state index is 0.0209. The zero-order chi connectivity index (χ0) is 54.6. The normalized spacial score (nSPS) is 17.1. The Bertz CT molecular complexity index is 5150. The maximum atomic E-state index is 11.5. The van der Waals surface area contributed by atoms with E-state index in [2.05, 4.69) is 232 Å². The van der Waals surface area contributed by atoms with E-state index in [1.54, 1.807) is 0 Å². The van der Waals surface area contributed by atoms with E-state index >= 15 is 0 Å². The summed E-state index contributed by atoms with van der Waals surface area (Å²) in [5.41, 5.74) is 36.3. The van der Waals surface area contributed by atoms with Crippen LogP contribution in [0.5, 0.6) is 0 Å². The van der Waals surface area contributed by atoms with Crippen molar-refractivity contribution in [3.05, 3.63) is 281 Å². The summed E-state index contributed by atoms with van der Waals surface area (Å²) < 4.78 is 5.12. The second kappa shape index (κ2) is 15.1. The molecule has 6 aliphatic carbocycles. The molecule has 0 amide bonds. The topological polar surface area (TPSA) is 56.4 Å². The first-order chi connectivity index (χ1) is 40.1. The van der Waals surface area contributed by atoms with Crippen LogP contribution in [0.2, 0.25) is 0 Å². The first-order valence-electron chi connectivity index (χ1n) is 29.0. The zero-order valence-electron chi connectivity index (χ0n) is 46.3. The summed E-state index contributed by atoms with van der Waals surface area (Å²) in [6.07, 6.45) is 0. The highest BCUT2D eigenvalue weighted by Crippen LogP contribution is 2.62. The van der Waals surface area contributed by atoms with Gasteiger partial charge in [-0.25, -0.2) is 0 Å². The summed E-state index contributed by atoms with van der Waals surface area (Å²) >= 11 is 0. The van der Waals surface area contributed by atoms with Crippen LogP contribution in [0.25, 0.3) is 98.4 Å². The lowest BCUT2D eigenvalue weighted by Crippen LogP contribution is -2.28. The predicted octanol–water partition coefficient (Wildman–Crippen LogP) is 18.9. The molecule has 4 bridgehead atoms. The Hall–Kier alpha value is -10.0. The van der Waals surface area contributed by atoms with Gasteiger partial charge in [0.1, 0.15) is 0 Å². The minimum atomic E-state index is -0.0380. The van der Waals surface area contributed by atoms with Crippen molar-refractivity contribution in [3.8, 4) is 34.4 Å². The standard InChI is InChI=1S/C78H50N4/c1-37-27-39(3)63(40(4)28-37)53-23-25-55-73-61(31-43(35-79)65-67-45-15-7-11-19-49(45)69(75(65)73)50-20-12-8-16-46(50)67)81-59-34-58-60(33-57(59)71(53)77(55)81)82-62-32-44(36-80)66-68-47-17-9-13-21-51(47)70(52-22-14-10-18-48(52)68)76(66)74(62)56-26-24-54(72(58)78(56)82)64-41(5)29-38(2)30-42(64)6/h7-34,67-70H,1-6H3. The summed E-state index contributed by atoms with van der Waals surface area (Å²) in [5, 5.41) is 32.8. The van der Waals surface area contributed by atoms with Crippen molar-refractivity contribution in [3.63, 3.8) is 0 Å². The molecule has 4 heteroatoms. The van der Waals surface area contributed by atoms with Gasteiger partial charge in [0.25, 0.3) is 0 Å². The second-order valence-electron chi connectivity index (χ2n) is 24.6. The Morgan fingerprint density at radius 1 is 0.317 bits per heavy atom. The second-order valence-corrected chi connectivity index (χ2v) is 24.6. The Morgan fingerprint density at radius 3 is 0.927 bits per heavy atom. The lowest BCUT2D eigenvalue weighted by atomic mass is 9.59. The van der Waals surface area contributed by atoms with Crippen molar-refractivity contribution >= 4 is 76.2 Å². The van der Waals surface area contributed by atoms with Crippen molar-refractivity contribution < 1.29 is 0 Å². The predicted molar refractivity (Wildman–Crippen MR) is 334 cm³/mol. The number of hydrogen-bond acceptors (Lipinski definition) is 2. The summed E-state index contributed by atoms with van der Waals surface area (Å²) in [5.74, 6) is -0.118. The highest BCUT2D eigenvalue weighted by atomic mass is 14.9. The molecule has 0 saturated carbocycles. The lowest BCUT2D eigenvalue weighted by molar-refractivity contribution is 0.759. The first-order valence-corrected chi connectivity index (χ1v) is 29.0. The van der Waals surface area contributed by atoms with E-state index in [4.69, 9.17) is 0 Å². The maximum absolute atomic E-state index is 11.5. The SMILES string of the molecule is Cc1cc(C)c(-c2ccc3c4c5c(c(C#N)cc4n4c6cc7c8c(-c9c(C)cc(C)cc9C)ccc9c%10c%11c(c(C#N)cc%10n(c7cc6c2c34)c98)C2c3ccccc3C%11c3ccccc32)C2c3ccccc3C5c3ccccc32)c(C)c1. The third kappa shape index (κ3) is 5.09. The van der Waals surface area contributed by atoms with E-state index in [-0.39, 0.29) is 23.7 Å². The molecule has 4 nitrogen and oxygen atoms in total. The van der Waals surface area contributed by atoms with Crippen LogP contribution < -0.4 is 0 Å². The summed E-state index contributed by atoms with van der Waals surface area (Å²) in [6, 6.07) is 70.1. The minimum Gasteiger partial charge on any atom is -0.308 e. The van der Waals surface area contributed by atoms with E-state index in [1.165, 1.54) is 165 Å². The molecule has 0 spiro atoms. The third-order valence-corrected chi connectivity index (χ3v) is 20.5. The van der Waals surface area contributed by atoms with Gasteiger partial charge in [0, 0.05) is 66.8 Å². The number of benzene rings is 11. The number of rotatable bonds is 2. The molecule has 0 N–H and O–H groups in total. The van der Waals surface area contributed by atoms with Crippen LogP contribution in [0.4, 0.5) is 0 Å². The largest absolute Gasteiger partial charge is 0.308 e. The Balaban J connectivity index is 1.02. The quantitative estimate of drug-likeness (QED) is 0.173. The van der Waals surface area contributed by atoms with E-state index < -0.39 is 0 Å². The van der Waals surface area contributed by atoms with E-state index in [0.29, 0.717) is 0 Å². The average molecular weight is 1040 g/mol. The molecule has 21 rings (SSSR count). The summed E-state index contributed by atoms with van der Waals surface area (Å²) in [6.45, 7) is 13.5. The molecule has 0 unspecified atom stereocenters. The molecule has 15 aromatic rings. The van der Waals surface area contributed by atoms with Crippen LogP contribution >= 0.6 is 0 Å². The Kier molecular flexibility index (Phi) is 8.23. The van der Waals surface area contributed by atoms with Gasteiger partial charge in [-0.15, -0.1) is 0 Å². The van der Waals surface area contributed by atoms with Crippen LogP contribution in [0, 0.1) is 64.2 Å². The molecule has 4 heterocycles. The Labute approximate surface area is 473 Å². The number of nitrogens with zero attached hydrogens (tertiary/aromatic N) is 4. The third-order valence-electron chi connectivity index (χ3n) is 20.5. The molecule has 0 fully saturated rings. The summed E-state index contributed by atoms with van der Waals surface area (Å²) in [7, 11) is 0. The van der Waals surface area contributed by atoms with Crippen LogP contribution in [-0.2, 0) is 0 Å². The first kappa shape index (κ1) is 44.8. The molecule has 0 saturated heterocycles. The van der Waals surface area contributed by atoms with Crippen molar-refractivity contribution in [2.75, 3.05) is 0 Å². The number of hydrogen-bond donors (Lipinski definition) is 0. The maximum Gasteiger partial charge on any atom is 0.0995 e. The monoisotopic (exact) mass is 1040 g/mol. The molecule has 6 aliphatic rings. The molecule has 11 aromatic carbocycles. The molecule has 0 aliphatic heterocycles. The van der Waals surface area contributed by atoms with E-state index in [9.17, 15) is 10.5 Å². The van der Waals surface area contributed by atoms with Gasteiger partial charge in [0.05, 0.1) is 56.4 Å². The van der Waals surface area contributed by atoms with Gasteiger partial charge in [0.15, 0.2) is 0 Å². The Morgan fingerprint density at radius 2 is 0.622 bits per heavy atom. The number of aromatic nitrogens is 2. The van der Waals surface area contributed by atoms with Gasteiger partial charge in [-0.05, 0) is 177 Å². The fourth-order valence-electron chi connectivity index (χ4n) is 18.1. The molecule has 382 valence electrons. The van der Waals surface area contributed by atoms with Gasteiger partial charge in [-0.3, -0.25) is 0 Å². The highest BCUT2D eigenvalue weighted by molar-refractivity contribution is 6.33. The van der Waals surface area contributed by atoms with Gasteiger partial charge in [0.2, 0.25) is 0 Å². The fourth-order valence-corrected chi connectivity index (χ4v) is 18.1.